The lowest BCUT2D eigenvalue weighted by Gasteiger charge is -2.19. The lowest BCUT2D eigenvalue weighted by molar-refractivity contribution is -0.120. The van der Waals surface area contributed by atoms with Crippen molar-refractivity contribution in [1.82, 2.24) is 20.1 Å². The van der Waals surface area contributed by atoms with Crippen molar-refractivity contribution >= 4 is 35.2 Å². The summed E-state index contributed by atoms with van der Waals surface area (Å²) in [5.41, 5.74) is 3.18. The van der Waals surface area contributed by atoms with Gasteiger partial charge in [-0.1, -0.05) is 59.3 Å². The van der Waals surface area contributed by atoms with Crippen LogP contribution in [0.5, 0.6) is 0 Å². The van der Waals surface area contributed by atoms with Gasteiger partial charge in [0.15, 0.2) is 5.16 Å². The summed E-state index contributed by atoms with van der Waals surface area (Å²) in [6, 6.07) is 15.8. The van der Waals surface area contributed by atoms with Crippen molar-refractivity contribution < 1.29 is 4.79 Å². The Hall–Kier alpha value is -2.51. The first-order valence-electron chi connectivity index (χ1n) is 10.5. The third-order valence-corrected chi connectivity index (χ3v) is 6.59. The Bertz CT molecular complexity index is 1050. The van der Waals surface area contributed by atoms with Gasteiger partial charge in [0.05, 0.1) is 10.9 Å². The molecule has 3 aromatic rings. The molecule has 4 rings (SSSR count). The molecule has 1 fully saturated rings. The second-order valence-corrected chi connectivity index (χ2v) is 9.50. The number of nitrogens with zero attached hydrogens (tertiary/aromatic N) is 4. The fraction of sp³-hybridized carbons (Fsp3) is 0.348. The molecule has 1 aliphatic heterocycles. The van der Waals surface area contributed by atoms with Gasteiger partial charge in [0.25, 0.3) is 0 Å². The van der Waals surface area contributed by atoms with Crippen molar-refractivity contribution in [2.45, 2.75) is 43.6 Å². The maximum absolute atomic E-state index is 12.7. The number of halogens is 1. The number of carbonyl (C=O) groups is 1. The van der Waals surface area contributed by atoms with Crippen molar-refractivity contribution in [3.05, 3.63) is 64.7 Å². The third kappa shape index (κ3) is 5.22. The van der Waals surface area contributed by atoms with E-state index in [9.17, 15) is 4.79 Å². The number of hydrogen-bond acceptors (Lipinski definition) is 5. The first-order valence-corrected chi connectivity index (χ1v) is 11.7. The van der Waals surface area contributed by atoms with Gasteiger partial charge in [-0.15, -0.1) is 10.2 Å². The summed E-state index contributed by atoms with van der Waals surface area (Å²) in [4.78, 5) is 15.0. The number of nitrogens with one attached hydrogen (secondary N) is 1. The third-order valence-electron chi connectivity index (χ3n) is 5.31. The van der Waals surface area contributed by atoms with Gasteiger partial charge in [-0.05, 0) is 50.5 Å². The summed E-state index contributed by atoms with van der Waals surface area (Å²) in [5.74, 6) is 0.767. The fourth-order valence-corrected chi connectivity index (χ4v) is 4.62. The van der Waals surface area contributed by atoms with Crippen LogP contribution in [0.2, 0.25) is 5.02 Å². The van der Waals surface area contributed by atoms with Crippen LogP contribution >= 0.6 is 23.4 Å². The number of rotatable bonds is 7. The SMILES string of the molecule is Cc1ccc(CNC(=O)C(C)Sc2nnc(N3CCCC3)n2-c2cccc(Cl)c2)cc1. The molecule has 0 spiro atoms. The van der Waals surface area contributed by atoms with Crippen LogP contribution < -0.4 is 10.2 Å². The Morgan fingerprint density at radius 2 is 1.90 bits per heavy atom. The van der Waals surface area contributed by atoms with Crippen molar-refractivity contribution in [1.29, 1.82) is 0 Å². The number of benzene rings is 2. The van der Waals surface area contributed by atoms with E-state index in [4.69, 9.17) is 11.6 Å². The molecular formula is C23H26ClN5OS. The average Bonchev–Trinajstić information content (AvgIpc) is 3.43. The van der Waals surface area contributed by atoms with Crippen molar-refractivity contribution in [3.8, 4) is 5.69 Å². The molecule has 162 valence electrons. The smallest absolute Gasteiger partial charge is 0.233 e. The van der Waals surface area contributed by atoms with E-state index in [1.165, 1.54) is 17.3 Å². The van der Waals surface area contributed by atoms with Crippen LogP contribution in [0.25, 0.3) is 5.69 Å². The van der Waals surface area contributed by atoms with Crippen LogP contribution in [0.1, 0.15) is 30.9 Å². The van der Waals surface area contributed by atoms with Gasteiger partial charge in [0, 0.05) is 24.7 Å². The molecule has 31 heavy (non-hydrogen) atoms. The summed E-state index contributed by atoms with van der Waals surface area (Å²) >= 11 is 7.66. The number of hydrogen-bond donors (Lipinski definition) is 1. The van der Waals surface area contributed by atoms with E-state index in [0.717, 1.165) is 43.1 Å². The molecule has 0 aliphatic carbocycles. The summed E-state index contributed by atoms with van der Waals surface area (Å²) < 4.78 is 2.01. The molecule has 0 saturated carbocycles. The molecule has 2 heterocycles. The molecule has 1 aromatic heterocycles. The lowest BCUT2D eigenvalue weighted by Crippen LogP contribution is -2.30. The zero-order valence-electron chi connectivity index (χ0n) is 17.7. The van der Waals surface area contributed by atoms with Gasteiger partial charge in [0.2, 0.25) is 11.9 Å². The van der Waals surface area contributed by atoms with Gasteiger partial charge in [-0.3, -0.25) is 9.36 Å². The van der Waals surface area contributed by atoms with Gasteiger partial charge in [-0.2, -0.15) is 0 Å². The van der Waals surface area contributed by atoms with Crippen LogP contribution in [-0.2, 0) is 11.3 Å². The molecule has 2 aromatic carbocycles. The molecule has 1 amide bonds. The van der Waals surface area contributed by atoms with Gasteiger partial charge in [-0.25, -0.2) is 0 Å². The van der Waals surface area contributed by atoms with E-state index in [-0.39, 0.29) is 11.2 Å². The summed E-state index contributed by atoms with van der Waals surface area (Å²) in [7, 11) is 0. The monoisotopic (exact) mass is 455 g/mol. The number of carbonyl (C=O) groups excluding carboxylic acids is 1. The van der Waals surface area contributed by atoms with E-state index in [2.05, 4.69) is 20.4 Å². The first-order chi connectivity index (χ1) is 15.0. The highest BCUT2D eigenvalue weighted by Gasteiger charge is 2.25. The normalized spacial score (nSPS) is 14.6. The summed E-state index contributed by atoms with van der Waals surface area (Å²) in [6.07, 6.45) is 2.28. The van der Waals surface area contributed by atoms with E-state index < -0.39 is 0 Å². The quantitative estimate of drug-likeness (QED) is 0.526. The van der Waals surface area contributed by atoms with E-state index in [1.54, 1.807) is 0 Å². The molecule has 0 bridgehead atoms. The highest BCUT2D eigenvalue weighted by molar-refractivity contribution is 8.00. The molecule has 1 N–H and O–H groups in total. The minimum atomic E-state index is -0.320. The van der Waals surface area contributed by atoms with E-state index >= 15 is 0 Å². The Balaban J connectivity index is 1.51. The van der Waals surface area contributed by atoms with Crippen molar-refractivity contribution in [3.63, 3.8) is 0 Å². The highest BCUT2D eigenvalue weighted by Crippen LogP contribution is 2.31. The Labute approximate surface area is 192 Å². The number of amides is 1. The van der Waals surface area contributed by atoms with Crippen LogP contribution in [0.3, 0.4) is 0 Å². The summed E-state index contributed by atoms with van der Waals surface area (Å²) in [5, 5.41) is 12.9. The fourth-order valence-electron chi connectivity index (χ4n) is 3.55. The Kier molecular flexibility index (Phi) is 6.83. The highest BCUT2D eigenvalue weighted by atomic mass is 35.5. The van der Waals surface area contributed by atoms with Crippen LogP contribution in [0.4, 0.5) is 5.95 Å². The molecule has 0 radical (unpaired) electrons. The predicted molar refractivity (Wildman–Crippen MR) is 126 cm³/mol. The van der Waals surface area contributed by atoms with E-state index in [1.807, 2.05) is 66.9 Å². The molecule has 1 atom stereocenters. The molecule has 1 saturated heterocycles. The van der Waals surface area contributed by atoms with Crippen LogP contribution in [0, 0.1) is 6.92 Å². The standard InChI is InChI=1S/C23H26ClN5OS/c1-16-8-10-18(11-9-16)15-25-21(30)17(2)31-23-27-26-22(28-12-3-4-13-28)29(23)20-7-5-6-19(24)14-20/h5-11,14,17H,3-4,12-13,15H2,1-2H3,(H,25,30). The largest absolute Gasteiger partial charge is 0.351 e. The molecule has 6 nitrogen and oxygen atoms in total. The average molecular weight is 456 g/mol. The van der Waals surface area contributed by atoms with Gasteiger partial charge < -0.3 is 10.2 Å². The van der Waals surface area contributed by atoms with E-state index in [0.29, 0.717) is 16.7 Å². The maximum atomic E-state index is 12.7. The predicted octanol–water partition coefficient (Wildman–Crippen LogP) is 4.63. The Morgan fingerprint density at radius 1 is 1.16 bits per heavy atom. The molecule has 1 unspecified atom stereocenters. The zero-order chi connectivity index (χ0) is 21.8. The van der Waals surface area contributed by atoms with Crippen LogP contribution in [-0.4, -0.2) is 39.0 Å². The molecule has 8 heteroatoms. The van der Waals surface area contributed by atoms with Crippen LogP contribution in [0.15, 0.2) is 53.7 Å². The number of thioether (sulfide) groups is 1. The molecule has 1 aliphatic rings. The summed E-state index contributed by atoms with van der Waals surface area (Å²) in [6.45, 7) is 6.35. The Morgan fingerprint density at radius 3 is 2.61 bits per heavy atom. The second kappa shape index (κ2) is 9.75. The number of anilines is 1. The molecular weight excluding hydrogens is 430 g/mol. The van der Waals surface area contributed by atoms with Crippen molar-refractivity contribution in [2.24, 2.45) is 0 Å². The zero-order valence-corrected chi connectivity index (χ0v) is 19.3. The number of aromatic nitrogens is 3. The van der Waals surface area contributed by atoms with Gasteiger partial charge in [0.1, 0.15) is 0 Å². The first kappa shape index (κ1) is 21.7. The lowest BCUT2D eigenvalue weighted by atomic mass is 10.1. The van der Waals surface area contributed by atoms with Gasteiger partial charge >= 0.3 is 0 Å². The minimum absolute atomic E-state index is 0.0334. The second-order valence-electron chi connectivity index (χ2n) is 7.76. The van der Waals surface area contributed by atoms with Crippen molar-refractivity contribution in [2.75, 3.05) is 18.0 Å². The number of aryl methyl sites for hydroxylation is 1. The maximum Gasteiger partial charge on any atom is 0.233 e. The topological polar surface area (TPSA) is 63.1 Å². The minimum Gasteiger partial charge on any atom is -0.351 e.